The molecule has 0 aromatic heterocycles. The third kappa shape index (κ3) is 8.74. The van der Waals surface area contributed by atoms with Crippen LogP contribution in [0, 0.1) is 17.7 Å². The molecule has 2 unspecified atom stereocenters. The topological polar surface area (TPSA) is 67.4 Å². The van der Waals surface area contributed by atoms with E-state index in [0.717, 1.165) is 43.3 Å². The van der Waals surface area contributed by atoms with Crippen molar-refractivity contribution in [2.75, 3.05) is 19.4 Å². The molecule has 1 fully saturated rings. The Balaban J connectivity index is 1.62. The molecule has 7 heteroatoms. The fourth-order valence-corrected chi connectivity index (χ4v) is 3.91. The SMILES string of the molecule is CNC(=O)C(CC=O)CCCCCSNC(C)c1ccc(F)c(OCC2CC2)c1. The van der Waals surface area contributed by atoms with Gasteiger partial charge in [-0.05, 0) is 56.2 Å². The van der Waals surface area contributed by atoms with Crippen LogP contribution in [0.5, 0.6) is 5.75 Å². The first kappa shape index (κ1) is 23.7. The number of hydrogen-bond acceptors (Lipinski definition) is 5. The Kier molecular flexibility index (Phi) is 10.5. The summed E-state index contributed by atoms with van der Waals surface area (Å²) in [5.74, 6) is 1.32. The third-order valence-electron chi connectivity index (χ3n) is 5.18. The molecule has 0 spiro atoms. The molecule has 29 heavy (non-hydrogen) atoms. The van der Waals surface area contributed by atoms with Crippen molar-refractivity contribution < 1.29 is 18.7 Å². The summed E-state index contributed by atoms with van der Waals surface area (Å²) in [7, 11) is 1.60. The predicted octanol–water partition coefficient (Wildman–Crippen LogP) is 4.42. The van der Waals surface area contributed by atoms with Gasteiger partial charge in [0.2, 0.25) is 5.91 Å². The molecule has 0 aliphatic heterocycles. The van der Waals surface area contributed by atoms with Gasteiger partial charge >= 0.3 is 0 Å². The fraction of sp³-hybridized carbons (Fsp3) is 0.636. The number of halogens is 1. The first-order valence-electron chi connectivity index (χ1n) is 10.5. The molecule has 162 valence electrons. The Bertz CT molecular complexity index is 655. The second-order valence-electron chi connectivity index (χ2n) is 7.70. The zero-order chi connectivity index (χ0) is 21.1. The molecule has 1 aliphatic carbocycles. The summed E-state index contributed by atoms with van der Waals surface area (Å²) < 4.78 is 22.9. The minimum Gasteiger partial charge on any atom is -0.490 e. The zero-order valence-corrected chi connectivity index (χ0v) is 18.2. The average molecular weight is 425 g/mol. The van der Waals surface area contributed by atoms with E-state index in [-0.39, 0.29) is 30.1 Å². The van der Waals surface area contributed by atoms with Gasteiger partial charge in [0.05, 0.1) is 6.61 Å². The van der Waals surface area contributed by atoms with Crippen LogP contribution in [-0.2, 0) is 9.59 Å². The van der Waals surface area contributed by atoms with Crippen LogP contribution in [0.1, 0.15) is 63.5 Å². The van der Waals surface area contributed by atoms with E-state index in [9.17, 15) is 14.0 Å². The molecule has 1 aromatic rings. The largest absolute Gasteiger partial charge is 0.490 e. The van der Waals surface area contributed by atoms with E-state index in [1.54, 1.807) is 31.1 Å². The molecule has 2 rings (SSSR count). The van der Waals surface area contributed by atoms with Gasteiger partial charge in [0.25, 0.3) is 0 Å². The van der Waals surface area contributed by atoms with Gasteiger partial charge in [-0.25, -0.2) is 4.39 Å². The summed E-state index contributed by atoms with van der Waals surface area (Å²) in [6, 6.07) is 5.16. The lowest BCUT2D eigenvalue weighted by atomic mass is 9.98. The van der Waals surface area contributed by atoms with E-state index >= 15 is 0 Å². The van der Waals surface area contributed by atoms with Crippen molar-refractivity contribution in [3.8, 4) is 5.75 Å². The van der Waals surface area contributed by atoms with Crippen LogP contribution in [0.2, 0.25) is 0 Å². The van der Waals surface area contributed by atoms with E-state index in [2.05, 4.69) is 17.0 Å². The molecule has 2 N–H and O–H groups in total. The van der Waals surface area contributed by atoms with E-state index in [4.69, 9.17) is 4.74 Å². The van der Waals surface area contributed by atoms with Crippen LogP contribution in [0.25, 0.3) is 0 Å². The Morgan fingerprint density at radius 3 is 2.83 bits per heavy atom. The molecule has 1 aliphatic rings. The summed E-state index contributed by atoms with van der Waals surface area (Å²) in [5, 5.41) is 2.62. The van der Waals surface area contributed by atoms with E-state index in [1.165, 1.54) is 18.9 Å². The number of carbonyl (C=O) groups excluding carboxylic acids is 2. The predicted molar refractivity (Wildman–Crippen MR) is 115 cm³/mol. The molecular formula is C22H33FN2O3S. The second-order valence-corrected chi connectivity index (χ2v) is 8.63. The smallest absolute Gasteiger partial charge is 0.223 e. The van der Waals surface area contributed by atoms with Gasteiger partial charge in [0.1, 0.15) is 6.29 Å². The molecule has 0 saturated heterocycles. The normalized spacial score (nSPS) is 15.6. The standard InChI is InChI=1S/C22H33FN2O3S/c1-16(19-9-10-20(23)21(14-19)28-15-17-7-8-17)25-29-13-5-3-4-6-18(11-12-26)22(27)24-2/h9-10,12,14,16-18,25H,3-8,11,13,15H2,1-2H3,(H,24,27). The number of rotatable bonds is 15. The van der Waals surface area contributed by atoms with Crippen molar-refractivity contribution in [3.63, 3.8) is 0 Å². The lowest BCUT2D eigenvalue weighted by Crippen LogP contribution is -2.27. The van der Waals surface area contributed by atoms with Gasteiger partial charge < -0.3 is 14.8 Å². The van der Waals surface area contributed by atoms with Crippen LogP contribution in [0.4, 0.5) is 4.39 Å². The van der Waals surface area contributed by atoms with Gasteiger partial charge in [-0.2, -0.15) is 0 Å². The summed E-state index contributed by atoms with van der Waals surface area (Å²) in [5.41, 5.74) is 1.01. The summed E-state index contributed by atoms with van der Waals surface area (Å²) >= 11 is 1.65. The average Bonchev–Trinajstić information content (AvgIpc) is 3.55. The molecule has 5 nitrogen and oxygen atoms in total. The zero-order valence-electron chi connectivity index (χ0n) is 17.4. The lowest BCUT2D eigenvalue weighted by molar-refractivity contribution is -0.126. The molecule has 2 atom stereocenters. The molecule has 0 heterocycles. The minimum absolute atomic E-state index is 0.0539. The summed E-state index contributed by atoms with van der Waals surface area (Å²) in [6.07, 6.45) is 7.19. The second kappa shape index (κ2) is 12.9. The molecule has 1 saturated carbocycles. The molecule has 0 radical (unpaired) electrons. The quantitative estimate of drug-likeness (QED) is 0.248. The van der Waals surface area contributed by atoms with Crippen molar-refractivity contribution in [2.24, 2.45) is 11.8 Å². The number of carbonyl (C=O) groups is 2. The first-order chi connectivity index (χ1) is 14.0. The number of aldehydes is 1. The van der Waals surface area contributed by atoms with Crippen LogP contribution < -0.4 is 14.8 Å². The monoisotopic (exact) mass is 424 g/mol. The Morgan fingerprint density at radius 1 is 1.34 bits per heavy atom. The highest BCUT2D eigenvalue weighted by Gasteiger charge is 2.22. The minimum atomic E-state index is -0.307. The van der Waals surface area contributed by atoms with Crippen molar-refractivity contribution in [3.05, 3.63) is 29.6 Å². The Morgan fingerprint density at radius 2 is 2.14 bits per heavy atom. The highest BCUT2D eigenvalue weighted by atomic mass is 32.2. The third-order valence-corrected chi connectivity index (χ3v) is 6.20. The highest BCUT2D eigenvalue weighted by molar-refractivity contribution is 7.97. The maximum Gasteiger partial charge on any atom is 0.223 e. The van der Waals surface area contributed by atoms with Gasteiger partial charge in [0, 0.05) is 31.2 Å². The number of ether oxygens (including phenoxy) is 1. The number of unbranched alkanes of at least 4 members (excludes halogenated alkanes) is 2. The van der Waals surface area contributed by atoms with E-state index in [1.807, 2.05) is 0 Å². The van der Waals surface area contributed by atoms with Gasteiger partial charge in [-0.3, -0.25) is 9.52 Å². The summed E-state index contributed by atoms with van der Waals surface area (Å²) in [4.78, 5) is 22.4. The highest BCUT2D eigenvalue weighted by Crippen LogP contribution is 2.31. The maximum atomic E-state index is 13.9. The van der Waals surface area contributed by atoms with Gasteiger partial charge in [0.15, 0.2) is 11.6 Å². The lowest BCUT2D eigenvalue weighted by Gasteiger charge is -2.16. The molecule has 1 aromatic carbocycles. The van der Waals surface area contributed by atoms with Crippen LogP contribution in [0.15, 0.2) is 18.2 Å². The van der Waals surface area contributed by atoms with Crippen molar-refractivity contribution in [1.29, 1.82) is 0 Å². The molecule has 0 bridgehead atoms. The Labute approximate surface area is 177 Å². The molecular weight excluding hydrogens is 391 g/mol. The van der Waals surface area contributed by atoms with Crippen molar-refractivity contribution >= 4 is 24.1 Å². The first-order valence-corrected chi connectivity index (χ1v) is 11.5. The number of amides is 1. The fourth-order valence-electron chi connectivity index (χ4n) is 3.06. The van der Waals surface area contributed by atoms with Crippen LogP contribution in [0.3, 0.4) is 0 Å². The van der Waals surface area contributed by atoms with Crippen LogP contribution in [-0.4, -0.2) is 31.6 Å². The van der Waals surface area contributed by atoms with Crippen molar-refractivity contribution in [1.82, 2.24) is 10.0 Å². The maximum absolute atomic E-state index is 13.9. The number of hydrogen-bond donors (Lipinski definition) is 2. The van der Waals surface area contributed by atoms with Gasteiger partial charge in [-0.1, -0.05) is 30.9 Å². The van der Waals surface area contributed by atoms with E-state index in [0.29, 0.717) is 18.3 Å². The van der Waals surface area contributed by atoms with Crippen LogP contribution >= 0.6 is 11.9 Å². The molecule has 1 amide bonds. The summed E-state index contributed by atoms with van der Waals surface area (Å²) in [6.45, 7) is 2.66. The van der Waals surface area contributed by atoms with Crippen molar-refractivity contribution in [2.45, 2.75) is 57.9 Å². The number of nitrogens with one attached hydrogen (secondary N) is 2. The van der Waals surface area contributed by atoms with Gasteiger partial charge in [-0.15, -0.1) is 0 Å². The Hall–Kier alpha value is -1.60. The van der Waals surface area contributed by atoms with E-state index < -0.39 is 0 Å². The number of benzene rings is 1.